The van der Waals surface area contributed by atoms with E-state index in [1.54, 1.807) is 28.8 Å². The van der Waals surface area contributed by atoms with Crippen molar-refractivity contribution in [2.24, 2.45) is 0 Å². The van der Waals surface area contributed by atoms with E-state index in [4.69, 9.17) is 4.42 Å². The molecule has 4 rings (SSSR count). The zero-order valence-corrected chi connectivity index (χ0v) is 15.4. The van der Waals surface area contributed by atoms with Gasteiger partial charge in [0.2, 0.25) is 10.0 Å². The van der Waals surface area contributed by atoms with E-state index in [0.29, 0.717) is 24.5 Å². The molecule has 3 heterocycles. The Morgan fingerprint density at radius 3 is 2.69 bits per heavy atom. The number of fused-ring (bicyclic) bond motifs is 1. The molecule has 0 saturated carbocycles. The van der Waals surface area contributed by atoms with E-state index in [0.717, 1.165) is 35.3 Å². The predicted octanol–water partition coefficient (Wildman–Crippen LogP) is 3.25. The van der Waals surface area contributed by atoms with Crippen LogP contribution in [0.5, 0.6) is 0 Å². The highest BCUT2D eigenvalue weighted by Crippen LogP contribution is 2.25. The van der Waals surface area contributed by atoms with Crippen LogP contribution in [0.15, 0.2) is 58.0 Å². The van der Waals surface area contributed by atoms with Crippen LogP contribution in [0.1, 0.15) is 18.6 Å². The van der Waals surface area contributed by atoms with Gasteiger partial charge in [0.05, 0.1) is 23.2 Å². The molecule has 3 aromatic rings. The van der Waals surface area contributed by atoms with Crippen LogP contribution >= 0.6 is 0 Å². The van der Waals surface area contributed by atoms with E-state index in [9.17, 15) is 8.42 Å². The van der Waals surface area contributed by atoms with Gasteiger partial charge in [0.25, 0.3) is 0 Å². The predicted molar refractivity (Wildman–Crippen MR) is 101 cm³/mol. The number of nitrogens with zero attached hydrogens (tertiary/aromatic N) is 3. The van der Waals surface area contributed by atoms with Crippen LogP contribution in [0, 0.1) is 0 Å². The minimum atomic E-state index is -3.41. The maximum absolute atomic E-state index is 12.7. The van der Waals surface area contributed by atoms with Crippen molar-refractivity contribution in [3.05, 3.63) is 54.5 Å². The molecule has 1 aliphatic heterocycles. The van der Waals surface area contributed by atoms with Crippen LogP contribution in [0.25, 0.3) is 10.9 Å². The molecular weight excluding hydrogens is 350 g/mol. The number of aromatic nitrogens is 1. The summed E-state index contributed by atoms with van der Waals surface area (Å²) in [5.41, 5.74) is 0.772. The van der Waals surface area contributed by atoms with Crippen molar-refractivity contribution in [1.29, 1.82) is 0 Å². The maximum Gasteiger partial charge on any atom is 0.243 e. The molecule has 0 N–H and O–H groups in total. The summed E-state index contributed by atoms with van der Waals surface area (Å²) in [7, 11) is -1.46. The summed E-state index contributed by atoms with van der Waals surface area (Å²) in [5.74, 6) is 1.67. The SMILES string of the molecule is CN(Cc1ccco1)c1ccc2cc(S(=O)(=O)N3CCCC3)ccc2n1. The van der Waals surface area contributed by atoms with Crippen molar-refractivity contribution in [3.8, 4) is 0 Å². The van der Waals surface area contributed by atoms with Gasteiger partial charge in [-0.2, -0.15) is 4.31 Å². The van der Waals surface area contributed by atoms with Gasteiger partial charge in [-0.05, 0) is 55.3 Å². The summed E-state index contributed by atoms with van der Waals surface area (Å²) in [6.45, 7) is 1.83. The molecule has 2 aromatic heterocycles. The van der Waals surface area contributed by atoms with Crippen LogP contribution < -0.4 is 4.90 Å². The van der Waals surface area contributed by atoms with Gasteiger partial charge in [0.1, 0.15) is 11.6 Å². The van der Waals surface area contributed by atoms with E-state index in [-0.39, 0.29) is 0 Å². The highest BCUT2D eigenvalue weighted by atomic mass is 32.2. The van der Waals surface area contributed by atoms with Crippen LogP contribution in [-0.4, -0.2) is 37.8 Å². The summed E-state index contributed by atoms with van der Waals surface area (Å²) in [4.78, 5) is 6.98. The Hall–Kier alpha value is -2.38. The van der Waals surface area contributed by atoms with Gasteiger partial charge in [-0.3, -0.25) is 0 Å². The minimum absolute atomic E-state index is 0.338. The third-order valence-electron chi connectivity index (χ3n) is 4.71. The second kappa shape index (κ2) is 6.74. The standard InChI is InChI=1S/C19H21N3O3S/c1-21(14-16-5-4-12-25-16)19-9-6-15-13-17(7-8-18(15)20-19)26(23,24)22-10-2-3-11-22/h4-9,12-13H,2-3,10-11,14H2,1H3. The number of pyridine rings is 1. The smallest absolute Gasteiger partial charge is 0.243 e. The maximum atomic E-state index is 12.7. The summed E-state index contributed by atoms with van der Waals surface area (Å²) in [6.07, 6.45) is 3.51. The number of anilines is 1. The molecule has 0 unspecified atom stereocenters. The van der Waals surface area contributed by atoms with E-state index >= 15 is 0 Å². The lowest BCUT2D eigenvalue weighted by molar-refractivity contribution is 0.477. The molecule has 0 radical (unpaired) electrons. The van der Waals surface area contributed by atoms with Crippen molar-refractivity contribution in [1.82, 2.24) is 9.29 Å². The van der Waals surface area contributed by atoms with Gasteiger partial charge in [0.15, 0.2) is 0 Å². The zero-order chi connectivity index (χ0) is 18.1. The Bertz CT molecular complexity index is 1010. The fourth-order valence-electron chi connectivity index (χ4n) is 3.26. The van der Waals surface area contributed by atoms with Gasteiger partial charge >= 0.3 is 0 Å². The molecule has 0 aliphatic carbocycles. The molecule has 0 atom stereocenters. The van der Waals surface area contributed by atoms with Crippen molar-refractivity contribution >= 4 is 26.7 Å². The van der Waals surface area contributed by atoms with Gasteiger partial charge in [0, 0.05) is 25.5 Å². The first-order chi connectivity index (χ1) is 12.5. The van der Waals surface area contributed by atoms with Gasteiger partial charge in [-0.1, -0.05) is 0 Å². The first-order valence-corrected chi connectivity index (χ1v) is 10.1. The molecule has 0 amide bonds. The molecule has 0 bridgehead atoms. The van der Waals surface area contributed by atoms with E-state index in [2.05, 4.69) is 4.98 Å². The second-order valence-electron chi connectivity index (χ2n) is 6.57. The number of rotatable bonds is 5. The molecular formula is C19H21N3O3S. The summed E-state index contributed by atoms with van der Waals surface area (Å²) in [5, 5.41) is 0.820. The molecule has 26 heavy (non-hydrogen) atoms. The second-order valence-corrected chi connectivity index (χ2v) is 8.51. The normalized spacial score (nSPS) is 15.6. The lowest BCUT2D eigenvalue weighted by atomic mass is 10.2. The fraction of sp³-hybridized carbons (Fsp3) is 0.316. The highest BCUT2D eigenvalue weighted by molar-refractivity contribution is 7.89. The third kappa shape index (κ3) is 3.20. The van der Waals surface area contributed by atoms with Crippen LogP contribution in [-0.2, 0) is 16.6 Å². The summed E-state index contributed by atoms with van der Waals surface area (Å²) >= 11 is 0. The first-order valence-electron chi connectivity index (χ1n) is 8.68. The lowest BCUT2D eigenvalue weighted by Crippen LogP contribution is -2.27. The molecule has 1 saturated heterocycles. The molecule has 0 spiro atoms. The van der Waals surface area contributed by atoms with Crippen LogP contribution in [0.3, 0.4) is 0 Å². The molecule has 7 heteroatoms. The Labute approximate surface area is 153 Å². The minimum Gasteiger partial charge on any atom is -0.467 e. The molecule has 1 aromatic carbocycles. The number of hydrogen-bond donors (Lipinski definition) is 0. The van der Waals surface area contributed by atoms with Crippen molar-refractivity contribution in [3.63, 3.8) is 0 Å². The Balaban J connectivity index is 1.62. The quantitative estimate of drug-likeness (QED) is 0.689. The number of sulfonamides is 1. The number of hydrogen-bond acceptors (Lipinski definition) is 5. The van der Waals surface area contributed by atoms with Crippen LogP contribution in [0.4, 0.5) is 5.82 Å². The number of benzene rings is 1. The molecule has 1 fully saturated rings. The van der Waals surface area contributed by atoms with Crippen molar-refractivity contribution < 1.29 is 12.8 Å². The average Bonchev–Trinajstić information content (AvgIpc) is 3.34. The lowest BCUT2D eigenvalue weighted by Gasteiger charge is -2.18. The Morgan fingerprint density at radius 2 is 1.96 bits per heavy atom. The van der Waals surface area contributed by atoms with Crippen molar-refractivity contribution in [2.45, 2.75) is 24.3 Å². The summed E-state index contributed by atoms with van der Waals surface area (Å²) in [6, 6.07) is 12.7. The topological polar surface area (TPSA) is 66.7 Å². The molecule has 136 valence electrons. The Kier molecular flexibility index (Phi) is 4.42. The number of furan rings is 1. The van der Waals surface area contributed by atoms with E-state index in [1.165, 1.54) is 0 Å². The largest absolute Gasteiger partial charge is 0.467 e. The average molecular weight is 371 g/mol. The molecule has 1 aliphatic rings. The zero-order valence-electron chi connectivity index (χ0n) is 14.6. The van der Waals surface area contributed by atoms with E-state index < -0.39 is 10.0 Å². The monoisotopic (exact) mass is 371 g/mol. The molecule has 6 nitrogen and oxygen atoms in total. The van der Waals surface area contributed by atoms with Crippen molar-refractivity contribution in [2.75, 3.05) is 25.0 Å². The van der Waals surface area contributed by atoms with Gasteiger partial charge in [-0.15, -0.1) is 0 Å². The summed E-state index contributed by atoms with van der Waals surface area (Å²) < 4.78 is 32.4. The third-order valence-corrected chi connectivity index (χ3v) is 6.61. The van der Waals surface area contributed by atoms with Gasteiger partial charge < -0.3 is 9.32 Å². The first kappa shape index (κ1) is 17.1. The van der Waals surface area contributed by atoms with Crippen LogP contribution in [0.2, 0.25) is 0 Å². The highest BCUT2D eigenvalue weighted by Gasteiger charge is 2.27. The van der Waals surface area contributed by atoms with E-state index in [1.807, 2.05) is 36.2 Å². The fourth-order valence-corrected chi connectivity index (χ4v) is 4.81. The van der Waals surface area contributed by atoms with Gasteiger partial charge in [-0.25, -0.2) is 13.4 Å². The Morgan fingerprint density at radius 1 is 1.15 bits per heavy atom.